The topological polar surface area (TPSA) is 92.3 Å². The van der Waals surface area contributed by atoms with E-state index in [1.807, 2.05) is 30.3 Å². The zero-order valence-corrected chi connectivity index (χ0v) is 18.8. The lowest BCUT2D eigenvalue weighted by Gasteiger charge is -2.22. The Morgan fingerprint density at radius 1 is 1.13 bits per heavy atom. The van der Waals surface area contributed by atoms with Crippen LogP contribution < -0.4 is 5.32 Å². The number of amides is 1. The fourth-order valence-corrected chi connectivity index (χ4v) is 6.31. The van der Waals surface area contributed by atoms with Gasteiger partial charge in [0.25, 0.3) is 5.91 Å². The molecule has 1 atom stereocenters. The third-order valence-electron chi connectivity index (χ3n) is 5.22. The summed E-state index contributed by atoms with van der Waals surface area (Å²) in [4.78, 5) is 12.8. The Labute approximate surface area is 186 Å². The molecule has 1 fully saturated rings. The molecule has 4 rings (SSSR count). The van der Waals surface area contributed by atoms with Crippen LogP contribution in [0.4, 0.5) is 5.69 Å². The third-order valence-corrected chi connectivity index (χ3v) is 8.17. The number of hydrogen-bond donors (Lipinski definition) is 1. The first-order valence-corrected chi connectivity index (χ1v) is 12.6. The van der Waals surface area contributed by atoms with Gasteiger partial charge in [-0.05, 0) is 49.1 Å². The van der Waals surface area contributed by atoms with Crippen molar-refractivity contribution < 1.29 is 13.2 Å². The number of sulfonamides is 1. The van der Waals surface area contributed by atoms with Gasteiger partial charge in [-0.25, -0.2) is 8.42 Å². The highest BCUT2D eigenvalue weighted by Gasteiger charge is 2.38. The lowest BCUT2D eigenvalue weighted by Crippen LogP contribution is -2.30. The first-order valence-electron chi connectivity index (χ1n) is 10.3. The predicted octanol–water partition coefficient (Wildman–Crippen LogP) is 4.27. The van der Waals surface area contributed by atoms with Gasteiger partial charge in [0, 0.05) is 12.2 Å². The van der Waals surface area contributed by atoms with Crippen molar-refractivity contribution in [1.29, 1.82) is 0 Å². The fraction of sp³-hybridized carbons (Fsp3) is 0.318. The van der Waals surface area contributed by atoms with Crippen LogP contribution in [0.25, 0.3) is 0 Å². The van der Waals surface area contributed by atoms with E-state index in [0.717, 1.165) is 36.2 Å². The van der Waals surface area contributed by atoms with Crippen molar-refractivity contribution in [2.45, 2.75) is 43.5 Å². The average Bonchev–Trinajstić information content (AvgIpc) is 3.45. The fourth-order valence-electron chi connectivity index (χ4n) is 3.69. The molecule has 0 bridgehead atoms. The molecule has 2 heterocycles. The summed E-state index contributed by atoms with van der Waals surface area (Å²) in [5, 5.41) is 11.7. The highest BCUT2D eigenvalue weighted by atomic mass is 32.2. The summed E-state index contributed by atoms with van der Waals surface area (Å²) in [5.41, 5.74) is 1.79. The van der Waals surface area contributed by atoms with E-state index in [0.29, 0.717) is 23.7 Å². The summed E-state index contributed by atoms with van der Waals surface area (Å²) in [6.45, 7) is 2.52. The highest BCUT2D eigenvalue weighted by molar-refractivity contribution is 7.89. The Kier molecular flexibility index (Phi) is 6.45. The van der Waals surface area contributed by atoms with Crippen LogP contribution >= 0.6 is 11.3 Å². The predicted molar refractivity (Wildman–Crippen MR) is 121 cm³/mol. The Balaban J connectivity index is 1.52. The van der Waals surface area contributed by atoms with Crippen LogP contribution in [0.1, 0.15) is 52.6 Å². The van der Waals surface area contributed by atoms with Gasteiger partial charge >= 0.3 is 0 Å². The number of carbonyl (C=O) groups excluding carboxylic acids is 1. The van der Waals surface area contributed by atoms with Gasteiger partial charge in [-0.2, -0.15) is 4.31 Å². The molecule has 0 spiro atoms. The van der Waals surface area contributed by atoms with E-state index >= 15 is 0 Å². The standard InChI is InChI=1S/C22H24N4O3S2/c1-2-7-16-11-13-18(14-12-16)31(28,29)26-15-6-10-19(26)21-24-25-22(30-21)20(27)23-17-8-4-3-5-9-17/h3-5,8-9,11-14,19H,2,6-7,10,15H2,1H3,(H,23,27). The second kappa shape index (κ2) is 9.25. The summed E-state index contributed by atoms with van der Waals surface area (Å²) in [7, 11) is -3.66. The van der Waals surface area contributed by atoms with Crippen molar-refractivity contribution in [1.82, 2.24) is 14.5 Å². The normalized spacial score (nSPS) is 17.0. The number of aromatic nitrogens is 2. The van der Waals surface area contributed by atoms with E-state index in [9.17, 15) is 13.2 Å². The molecule has 1 aromatic heterocycles. The van der Waals surface area contributed by atoms with Crippen LogP contribution in [-0.4, -0.2) is 35.4 Å². The first kappa shape index (κ1) is 21.6. The van der Waals surface area contributed by atoms with E-state index < -0.39 is 16.1 Å². The molecule has 2 aromatic carbocycles. The molecule has 3 aromatic rings. The van der Waals surface area contributed by atoms with Crippen LogP contribution in [0.5, 0.6) is 0 Å². The number of anilines is 1. The van der Waals surface area contributed by atoms with Crippen LogP contribution in [0.2, 0.25) is 0 Å². The van der Waals surface area contributed by atoms with Gasteiger partial charge in [-0.15, -0.1) is 10.2 Å². The quantitative estimate of drug-likeness (QED) is 0.573. The minimum Gasteiger partial charge on any atom is -0.320 e. The molecule has 0 saturated carbocycles. The molecule has 9 heteroatoms. The van der Waals surface area contributed by atoms with E-state index in [2.05, 4.69) is 22.4 Å². The van der Waals surface area contributed by atoms with Gasteiger partial charge in [-0.3, -0.25) is 4.79 Å². The maximum Gasteiger partial charge on any atom is 0.286 e. The number of nitrogens with zero attached hydrogens (tertiary/aromatic N) is 3. The minimum absolute atomic E-state index is 0.215. The van der Waals surface area contributed by atoms with Crippen molar-refractivity contribution in [2.75, 3.05) is 11.9 Å². The Bertz CT molecular complexity index is 1150. The van der Waals surface area contributed by atoms with Crippen molar-refractivity contribution >= 4 is 33.0 Å². The van der Waals surface area contributed by atoms with Gasteiger partial charge in [0.15, 0.2) is 0 Å². The summed E-state index contributed by atoms with van der Waals surface area (Å²) in [6, 6.07) is 15.8. The molecule has 1 aliphatic heterocycles. The maximum absolute atomic E-state index is 13.3. The molecule has 1 aliphatic rings. The Morgan fingerprint density at radius 3 is 2.58 bits per heavy atom. The number of para-hydroxylation sites is 1. The molecular formula is C22H24N4O3S2. The number of hydrogen-bond acceptors (Lipinski definition) is 6. The Morgan fingerprint density at radius 2 is 1.87 bits per heavy atom. The van der Waals surface area contributed by atoms with E-state index in [1.54, 1.807) is 24.3 Å². The zero-order valence-electron chi connectivity index (χ0n) is 17.2. The summed E-state index contributed by atoms with van der Waals surface area (Å²) >= 11 is 1.14. The van der Waals surface area contributed by atoms with E-state index in [1.165, 1.54) is 4.31 Å². The van der Waals surface area contributed by atoms with Gasteiger partial charge in [-0.1, -0.05) is 55.0 Å². The van der Waals surface area contributed by atoms with Crippen molar-refractivity contribution in [3.8, 4) is 0 Å². The highest BCUT2D eigenvalue weighted by Crippen LogP contribution is 2.37. The monoisotopic (exact) mass is 456 g/mol. The second-order valence-electron chi connectivity index (χ2n) is 7.43. The third kappa shape index (κ3) is 4.68. The number of benzene rings is 2. The number of nitrogens with one attached hydrogen (secondary N) is 1. The Hall–Kier alpha value is -2.62. The molecule has 1 unspecified atom stereocenters. The maximum atomic E-state index is 13.3. The van der Waals surface area contributed by atoms with Gasteiger partial charge in [0.2, 0.25) is 15.0 Å². The molecule has 1 N–H and O–H groups in total. The largest absolute Gasteiger partial charge is 0.320 e. The van der Waals surface area contributed by atoms with Crippen LogP contribution in [-0.2, 0) is 16.4 Å². The second-order valence-corrected chi connectivity index (χ2v) is 10.3. The lowest BCUT2D eigenvalue weighted by molar-refractivity contribution is 0.102. The molecule has 0 radical (unpaired) electrons. The molecule has 1 amide bonds. The van der Waals surface area contributed by atoms with Gasteiger partial charge < -0.3 is 5.32 Å². The molecule has 162 valence electrons. The van der Waals surface area contributed by atoms with Crippen molar-refractivity contribution in [2.24, 2.45) is 0 Å². The lowest BCUT2D eigenvalue weighted by atomic mass is 10.1. The van der Waals surface area contributed by atoms with E-state index in [-0.39, 0.29) is 15.8 Å². The minimum atomic E-state index is -3.66. The van der Waals surface area contributed by atoms with Crippen LogP contribution in [0.15, 0.2) is 59.5 Å². The SMILES string of the molecule is CCCc1ccc(S(=O)(=O)N2CCCC2c2nnc(C(=O)Nc3ccccc3)s2)cc1. The van der Waals surface area contributed by atoms with Crippen molar-refractivity contribution in [3.05, 3.63) is 70.2 Å². The summed E-state index contributed by atoms with van der Waals surface area (Å²) in [6.07, 6.45) is 3.33. The number of carbonyl (C=O) groups is 1. The van der Waals surface area contributed by atoms with Crippen LogP contribution in [0.3, 0.4) is 0 Å². The molecule has 7 nitrogen and oxygen atoms in total. The summed E-state index contributed by atoms with van der Waals surface area (Å²) < 4.78 is 28.0. The molecule has 31 heavy (non-hydrogen) atoms. The van der Waals surface area contributed by atoms with Gasteiger partial charge in [0.1, 0.15) is 5.01 Å². The number of aryl methyl sites for hydroxylation is 1. The van der Waals surface area contributed by atoms with Gasteiger partial charge in [0.05, 0.1) is 10.9 Å². The smallest absolute Gasteiger partial charge is 0.286 e. The van der Waals surface area contributed by atoms with Crippen molar-refractivity contribution in [3.63, 3.8) is 0 Å². The molecular weight excluding hydrogens is 432 g/mol. The number of rotatable bonds is 7. The zero-order chi connectivity index (χ0) is 21.8. The van der Waals surface area contributed by atoms with Crippen LogP contribution in [0, 0.1) is 0 Å². The molecule has 1 saturated heterocycles. The average molecular weight is 457 g/mol. The first-order chi connectivity index (χ1) is 15.0. The summed E-state index contributed by atoms with van der Waals surface area (Å²) in [5.74, 6) is -0.353. The molecule has 0 aliphatic carbocycles. The van der Waals surface area contributed by atoms with E-state index in [4.69, 9.17) is 0 Å².